The summed E-state index contributed by atoms with van der Waals surface area (Å²) >= 11 is 0. The van der Waals surface area contributed by atoms with Crippen LogP contribution in [-0.4, -0.2) is 14.7 Å². The third-order valence-corrected chi connectivity index (χ3v) is 1.46. The molecule has 0 N–H and O–H groups in total. The van der Waals surface area contributed by atoms with E-state index in [1.165, 1.54) is 0 Å². The highest BCUT2D eigenvalue weighted by Gasteiger charge is 2.11. The van der Waals surface area contributed by atoms with E-state index in [0.29, 0.717) is 11.2 Å². The molecule has 0 spiro atoms. The van der Waals surface area contributed by atoms with Gasteiger partial charge in [0.05, 0.1) is 6.33 Å². The van der Waals surface area contributed by atoms with Crippen LogP contribution >= 0.6 is 0 Å². The molecule has 5 heteroatoms. The summed E-state index contributed by atoms with van der Waals surface area (Å²) in [5, 5.41) is 12.1. The van der Waals surface area contributed by atoms with Crippen molar-refractivity contribution in [1.82, 2.24) is 14.7 Å². The van der Waals surface area contributed by atoms with E-state index >= 15 is 0 Å². The van der Waals surface area contributed by atoms with Gasteiger partial charge >= 0.3 is 0 Å². The van der Waals surface area contributed by atoms with Gasteiger partial charge in [-0.2, -0.15) is 5.26 Å². The van der Waals surface area contributed by atoms with Crippen molar-refractivity contribution in [3.63, 3.8) is 0 Å². The Balaban J connectivity index is 2.94. The minimum absolute atomic E-state index is 0.208. The lowest BCUT2D eigenvalue weighted by Crippen LogP contribution is -1.83. The highest BCUT2D eigenvalue weighted by atomic mass is 16.5. The van der Waals surface area contributed by atoms with Gasteiger partial charge in [-0.25, -0.2) is 4.98 Å². The molecule has 0 saturated carbocycles. The van der Waals surface area contributed by atoms with E-state index in [0.717, 1.165) is 0 Å². The van der Waals surface area contributed by atoms with Crippen molar-refractivity contribution in [2.45, 2.75) is 0 Å². The maximum Gasteiger partial charge on any atom is 0.262 e. The molecule has 0 aliphatic heterocycles. The van der Waals surface area contributed by atoms with Crippen molar-refractivity contribution in [2.75, 3.05) is 0 Å². The molecule has 0 aliphatic rings. The fraction of sp³-hybridized carbons (Fsp3) is 0.167. The van der Waals surface area contributed by atoms with Crippen LogP contribution in [0.4, 0.5) is 0 Å². The SMILES string of the molecule is Cn1cnc2noc(C#N)c21. The van der Waals surface area contributed by atoms with Gasteiger partial charge in [-0.1, -0.05) is 5.16 Å². The van der Waals surface area contributed by atoms with Crippen LogP contribution in [0.3, 0.4) is 0 Å². The number of nitrogens with zero attached hydrogens (tertiary/aromatic N) is 4. The van der Waals surface area contributed by atoms with Gasteiger partial charge in [-0.05, 0) is 0 Å². The Morgan fingerprint density at radius 1 is 1.73 bits per heavy atom. The number of nitriles is 1. The van der Waals surface area contributed by atoms with Crippen LogP contribution in [0, 0.1) is 11.3 Å². The Kier molecular flexibility index (Phi) is 0.982. The van der Waals surface area contributed by atoms with Crippen LogP contribution in [0.5, 0.6) is 0 Å². The first-order chi connectivity index (χ1) is 5.33. The zero-order valence-corrected chi connectivity index (χ0v) is 5.77. The van der Waals surface area contributed by atoms with Gasteiger partial charge in [0.1, 0.15) is 11.6 Å². The van der Waals surface area contributed by atoms with Crippen LogP contribution in [0.2, 0.25) is 0 Å². The van der Waals surface area contributed by atoms with E-state index in [4.69, 9.17) is 9.78 Å². The number of fused-ring (bicyclic) bond motifs is 1. The first-order valence-corrected chi connectivity index (χ1v) is 2.99. The summed E-state index contributed by atoms with van der Waals surface area (Å²) in [4.78, 5) is 3.89. The Morgan fingerprint density at radius 3 is 3.27 bits per heavy atom. The van der Waals surface area contributed by atoms with E-state index in [2.05, 4.69) is 10.1 Å². The number of rotatable bonds is 0. The lowest BCUT2D eigenvalue weighted by molar-refractivity contribution is 0.415. The average Bonchev–Trinajstić information content (AvgIpc) is 2.54. The topological polar surface area (TPSA) is 67.6 Å². The van der Waals surface area contributed by atoms with Gasteiger partial charge < -0.3 is 9.09 Å². The van der Waals surface area contributed by atoms with Crippen LogP contribution in [0.25, 0.3) is 11.2 Å². The minimum Gasteiger partial charge on any atom is -0.341 e. The molecule has 0 aliphatic carbocycles. The Labute approximate surface area is 61.8 Å². The van der Waals surface area contributed by atoms with Crippen LogP contribution in [0.1, 0.15) is 5.76 Å². The quantitative estimate of drug-likeness (QED) is 0.543. The molecule has 0 bridgehead atoms. The van der Waals surface area contributed by atoms with E-state index in [1.807, 2.05) is 6.07 Å². The smallest absolute Gasteiger partial charge is 0.262 e. The average molecular weight is 148 g/mol. The number of imidazole rings is 1. The van der Waals surface area contributed by atoms with Crippen molar-refractivity contribution in [3.8, 4) is 6.07 Å². The van der Waals surface area contributed by atoms with E-state index in [9.17, 15) is 0 Å². The summed E-state index contributed by atoms with van der Waals surface area (Å²) in [7, 11) is 1.79. The molecule has 0 aromatic carbocycles. The molecule has 0 atom stereocenters. The Morgan fingerprint density at radius 2 is 2.55 bits per heavy atom. The standard InChI is InChI=1S/C6H4N4O/c1-10-3-8-6-5(10)4(2-7)11-9-6/h3H,1H3. The fourth-order valence-electron chi connectivity index (χ4n) is 0.952. The first-order valence-electron chi connectivity index (χ1n) is 2.99. The van der Waals surface area contributed by atoms with Crippen LogP contribution < -0.4 is 0 Å². The van der Waals surface area contributed by atoms with E-state index in [-0.39, 0.29) is 5.76 Å². The summed E-state index contributed by atoms with van der Waals surface area (Å²) < 4.78 is 6.39. The van der Waals surface area contributed by atoms with Gasteiger partial charge in [-0.3, -0.25) is 0 Å². The third-order valence-electron chi connectivity index (χ3n) is 1.46. The van der Waals surface area contributed by atoms with E-state index < -0.39 is 0 Å². The predicted octanol–water partition coefficient (Wildman–Crippen LogP) is 0.433. The van der Waals surface area contributed by atoms with E-state index in [1.54, 1.807) is 17.9 Å². The van der Waals surface area contributed by atoms with Gasteiger partial charge in [0.2, 0.25) is 5.65 Å². The molecule has 2 rings (SSSR count). The van der Waals surface area contributed by atoms with Crippen molar-refractivity contribution in [1.29, 1.82) is 5.26 Å². The molecular formula is C6H4N4O. The molecular weight excluding hydrogens is 144 g/mol. The molecule has 0 unspecified atom stereocenters. The monoisotopic (exact) mass is 148 g/mol. The number of aromatic nitrogens is 3. The molecule has 2 aromatic heterocycles. The lowest BCUT2D eigenvalue weighted by Gasteiger charge is -1.84. The maximum absolute atomic E-state index is 8.54. The van der Waals surface area contributed by atoms with Gasteiger partial charge in [0, 0.05) is 7.05 Å². The van der Waals surface area contributed by atoms with Gasteiger partial charge in [0.15, 0.2) is 0 Å². The van der Waals surface area contributed by atoms with Crippen molar-refractivity contribution in [2.24, 2.45) is 7.05 Å². The second kappa shape index (κ2) is 1.83. The Bertz CT molecular complexity index is 433. The highest BCUT2D eigenvalue weighted by Crippen LogP contribution is 2.14. The third kappa shape index (κ3) is 0.633. The summed E-state index contributed by atoms with van der Waals surface area (Å²) in [6.45, 7) is 0. The molecule has 0 amide bonds. The van der Waals surface area contributed by atoms with Crippen LogP contribution in [-0.2, 0) is 7.05 Å². The Hall–Kier alpha value is -1.83. The van der Waals surface area contributed by atoms with Gasteiger partial charge in [-0.15, -0.1) is 0 Å². The predicted molar refractivity (Wildman–Crippen MR) is 35.5 cm³/mol. The number of hydrogen-bond acceptors (Lipinski definition) is 4. The van der Waals surface area contributed by atoms with Gasteiger partial charge in [0.25, 0.3) is 5.76 Å². The molecule has 11 heavy (non-hydrogen) atoms. The summed E-state index contributed by atoms with van der Waals surface area (Å²) in [5.41, 5.74) is 1.12. The highest BCUT2D eigenvalue weighted by molar-refractivity contribution is 5.75. The largest absolute Gasteiger partial charge is 0.341 e. The molecule has 0 radical (unpaired) electrons. The second-order valence-electron chi connectivity index (χ2n) is 2.15. The maximum atomic E-state index is 8.54. The summed E-state index contributed by atoms with van der Waals surface area (Å²) in [6.07, 6.45) is 1.59. The van der Waals surface area contributed by atoms with Crippen molar-refractivity contribution in [3.05, 3.63) is 12.1 Å². The first kappa shape index (κ1) is 5.92. The molecule has 0 saturated heterocycles. The zero-order valence-electron chi connectivity index (χ0n) is 5.77. The number of aryl methyl sites for hydroxylation is 1. The molecule has 5 nitrogen and oxygen atoms in total. The normalized spacial score (nSPS) is 10.2. The molecule has 0 fully saturated rings. The lowest BCUT2D eigenvalue weighted by atomic mass is 10.4. The fourth-order valence-corrected chi connectivity index (χ4v) is 0.952. The molecule has 54 valence electrons. The summed E-state index contributed by atoms with van der Waals surface area (Å²) in [6, 6.07) is 1.89. The summed E-state index contributed by atoms with van der Waals surface area (Å²) in [5.74, 6) is 0.208. The molecule has 2 aromatic rings. The minimum atomic E-state index is 0.208. The second-order valence-corrected chi connectivity index (χ2v) is 2.15. The van der Waals surface area contributed by atoms with Crippen LogP contribution in [0.15, 0.2) is 10.9 Å². The number of hydrogen-bond donors (Lipinski definition) is 0. The zero-order chi connectivity index (χ0) is 7.84. The van der Waals surface area contributed by atoms with Crippen molar-refractivity contribution >= 4 is 11.2 Å². The van der Waals surface area contributed by atoms with Crippen molar-refractivity contribution < 1.29 is 4.52 Å². The molecule has 2 heterocycles.